The van der Waals surface area contributed by atoms with Crippen molar-refractivity contribution in [2.75, 3.05) is 13.7 Å². The summed E-state index contributed by atoms with van der Waals surface area (Å²) >= 11 is 1.29. The van der Waals surface area contributed by atoms with Gasteiger partial charge >= 0.3 is 12.2 Å². The Kier molecular flexibility index (Phi) is 4.75. The SMILES string of the molecule is CCOc1cc(-c2cc(OC)ncn2)sc1-c1nnc(OC(=O)O)o1. The van der Waals surface area contributed by atoms with E-state index in [2.05, 4.69) is 24.9 Å². The molecule has 0 fully saturated rings. The summed E-state index contributed by atoms with van der Waals surface area (Å²) in [6.45, 7) is 2.25. The highest BCUT2D eigenvalue weighted by atomic mass is 32.1. The highest BCUT2D eigenvalue weighted by Gasteiger charge is 2.21. The van der Waals surface area contributed by atoms with E-state index in [1.807, 2.05) is 6.92 Å². The fourth-order valence-corrected chi connectivity index (χ4v) is 2.91. The molecule has 0 bridgehead atoms. The summed E-state index contributed by atoms with van der Waals surface area (Å²) in [6, 6.07) is 3.45. The van der Waals surface area contributed by atoms with Gasteiger partial charge in [-0.2, -0.15) is 0 Å². The number of hydrogen-bond acceptors (Lipinski definition) is 10. The molecule has 0 aliphatic carbocycles. The van der Waals surface area contributed by atoms with Crippen LogP contribution in [0.2, 0.25) is 0 Å². The second-order valence-corrected chi connectivity index (χ2v) is 5.48. The molecule has 3 aromatic heterocycles. The van der Waals surface area contributed by atoms with Gasteiger partial charge in [0.25, 0.3) is 5.89 Å². The van der Waals surface area contributed by atoms with Crippen LogP contribution in [-0.4, -0.2) is 45.1 Å². The number of ether oxygens (including phenoxy) is 3. The monoisotopic (exact) mass is 364 g/mol. The third kappa shape index (κ3) is 3.66. The Hall–Kier alpha value is -3.21. The van der Waals surface area contributed by atoms with Gasteiger partial charge in [-0.25, -0.2) is 14.8 Å². The minimum Gasteiger partial charge on any atom is -0.492 e. The third-order valence-corrected chi connectivity index (χ3v) is 4.00. The van der Waals surface area contributed by atoms with Gasteiger partial charge in [0, 0.05) is 12.1 Å². The van der Waals surface area contributed by atoms with Crippen LogP contribution in [0, 0.1) is 0 Å². The smallest absolute Gasteiger partial charge is 0.492 e. The Morgan fingerprint density at radius 2 is 2.16 bits per heavy atom. The van der Waals surface area contributed by atoms with E-state index in [1.165, 1.54) is 24.8 Å². The molecule has 0 aliphatic heterocycles. The van der Waals surface area contributed by atoms with Gasteiger partial charge in [0.2, 0.25) is 5.88 Å². The molecule has 3 heterocycles. The maximum absolute atomic E-state index is 10.5. The fraction of sp³-hybridized carbons (Fsp3) is 0.214. The van der Waals surface area contributed by atoms with Crippen LogP contribution in [0.15, 0.2) is 22.9 Å². The van der Waals surface area contributed by atoms with E-state index in [4.69, 9.17) is 19.0 Å². The van der Waals surface area contributed by atoms with Crippen molar-refractivity contribution >= 4 is 17.5 Å². The van der Waals surface area contributed by atoms with Gasteiger partial charge in [0.1, 0.15) is 17.0 Å². The lowest BCUT2D eigenvalue weighted by Crippen LogP contribution is -2.02. The molecule has 0 aromatic carbocycles. The molecule has 3 aromatic rings. The largest absolute Gasteiger partial charge is 0.514 e. The van der Waals surface area contributed by atoms with Crippen LogP contribution in [0.4, 0.5) is 4.79 Å². The first-order chi connectivity index (χ1) is 12.1. The van der Waals surface area contributed by atoms with Gasteiger partial charge in [-0.1, -0.05) is 5.10 Å². The summed E-state index contributed by atoms with van der Waals surface area (Å²) in [5, 5.41) is 15.9. The van der Waals surface area contributed by atoms with E-state index < -0.39 is 12.2 Å². The molecule has 0 unspecified atom stereocenters. The summed E-state index contributed by atoms with van der Waals surface area (Å²) in [5.74, 6) is 1.01. The highest BCUT2D eigenvalue weighted by Crippen LogP contribution is 2.42. The maximum Gasteiger partial charge on any atom is 0.514 e. The molecule has 0 saturated carbocycles. The number of thiophene rings is 1. The van der Waals surface area contributed by atoms with Crippen molar-refractivity contribution in [2.45, 2.75) is 6.92 Å². The first-order valence-electron chi connectivity index (χ1n) is 6.98. The van der Waals surface area contributed by atoms with E-state index in [0.717, 1.165) is 4.88 Å². The quantitative estimate of drug-likeness (QED) is 0.651. The van der Waals surface area contributed by atoms with Gasteiger partial charge in [0.15, 0.2) is 0 Å². The van der Waals surface area contributed by atoms with Crippen LogP contribution >= 0.6 is 11.3 Å². The molecule has 0 atom stereocenters. The average Bonchev–Trinajstić information content (AvgIpc) is 3.21. The Labute approximate surface area is 145 Å². The average molecular weight is 364 g/mol. The Bertz CT molecular complexity index is 893. The minimum atomic E-state index is -1.54. The van der Waals surface area contributed by atoms with Crippen LogP contribution in [-0.2, 0) is 0 Å². The molecule has 130 valence electrons. The highest BCUT2D eigenvalue weighted by molar-refractivity contribution is 7.19. The van der Waals surface area contributed by atoms with E-state index in [9.17, 15) is 4.79 Å². The molecular formula is C14H12N4O6S. The maximum atomic E-state index is 10.5. The number of methoxy groups -OCH3 is 1. The Morgan fingerprint density at radius 3 is 2.88 bits per heavy atom. The number of nitrogens with zero attached hydrogens (tertiary/aromatic N) is 4. The molecule has 0 amide bonds. The lowest BCUT2D eigenvalue weighted by molar-refractivity contribution is 0.130. The van der Waals surface area contributed by atoms with Crippen molar-refractivity contribution in [3.05, 3.63) is 18.5 Å². The summed E-state index contributed by atoms with van der Waals surface area (Å²) in [6.07, 6.45) is -0.622. The standard InChI is InChI=1S/C14H12N4O6S/c1-3-22-8-5-9(7-4-10(21-2)16-6-15-7)25-11(8)12-17-18-13(23-12)24-14(19)20/h4-6H,3H2,1-2H3,(H,19,20). The van der Waals surface area contributed by atoms with Crippen LogP contribution < -0.4 is 14.2 Å². The fourth-order valence-electron chi connectivity index (χ4n) is 1.92. The lowest BCUT2D eigenvalue weighted by Gasteiger charge is -2.00. The van der Waals surface area contributed by atoms with Crippen LogP contribution in [0.5, 0.6) is 17.7 Å². The zero-order chi connectivity index (χ0) is 17.8. The third-order valence-electron chi connectivity index (χ3n) is 2.88. The van der Waals surface area contributed by atoms with E-state index in [0.29, 0.717) is 28.8 Å². The van der Waals surface area contributed by atoms with Gasteiger partial charge in [-0.15, -0.1) is 16.4 Å². The van der Waals surface area contributed by atoms with Crippen molar-refractivity contribution in [1.82, 2.24) is 20.2 Å². The zero-order valence-corrected chi connectivity index (χ0v) is 13.9. The van der Waals surface area contributed by atoms with Crippen molar-refractivity contribution in [3.63, 3.8) is 0 Å². The molecule has 0 spiro atoms. The molecule has 1 N–H and O–H groups in total. The lowest BCUT2D eigenvalue weighted by atomic mass is 10.3. The minimum absolute atomic E-state index is 0.0805. The number of hydrogen-bond donors (Lipinski definition) is 1. The second-order valence-electron chi connectivity index (χ2n) is 4.42. The second kappa shape index (κ2) is 7.13. The molecular weight excluding hydrogens is 352 g/mol. The molecule has 0 aliphatic rings. The predicted molar refractivity (Wildman–Crippen MR) is 85.0 cm³/mol. The summed E-state index contributed by atoms with van der Waals surface area (Å²) < 4.78 is 20.2. The zero-order valence-electron chi connectivity index (χ0n) is 13.1. The summed E-state index contributed by atoms with van der Waals surface area (Å²) in [7, 11) is 1.51. The molecule has 25 heavy (non-hydrogen) atoms. The summed E-state index contributed by atoms with van der Waals surface area (Å²) in [5.41, 5.74) is 0.630. The Balaban J connectivity index is 1.99. The molecule has 10 nitrogen and oxygen atoms in total. The van der Waals surface area contributed by atoms with Crippen molar-refractivity contribution in [2.24, 2.45) is 0 Å². The van der Waals surface area contributed by atoms with E-state index in [-0.39, 0.29) is 5.89 Å². The molecule has 11 heteroatoms. The predicted octanol–water partition coefficient (Wildman–Crippen LogP) is 2.72. The van der Waals surface area contributed by atoms with E-state index in [1.54, 1.807) is 12.1 Å². The molecule has 0 radical (unpaired) electrons. The van der Waals surface area contributed by atoms with Crippen molar-refractivity contribution < 1.29 is 28.5 Å². The van der Waals surface area contributed by atoms with Crippen LogP contribution in [0.1, 0.15) is 6.92 Å². The van der Waals surface area contributed by atoms with E-state index >= 15 is 0 Å². The number of aromatic nitrogens is 4. The number of rotatable bonds is 6. The van der Waals surface area contributed by atoms with Crippen molar-refractivity contribution in [1.29, 1.82) is 0 Å². The topological polar surface area (TPSA) is 130 Å². The summed E-state index contributed by atoms with van der Waals surface area (Å²) in [4.78, 5) is 20.0. The number of carbonyl (C=O) groups is 1. The van der Waals surface area contributed by atoms with Gasteiger partial charge < -0.3 is 23.7 Å². The van der Waals surface area contributed by atoms with Gasteiger partial charge in [-0.05, 0) is 6.92 Å². The number of carboxylic acid groups (broad SMARTS) is 1. The Morgan fingerprint density at radius 1 is 1.32 bits per heavy atom. The van der Waals surface area contributed by atoms with Gasteiger partial charge in [0.05, 0.1) is 24.3 Å². The first kappa shape index (κ1) is 16.6. The van der Waals surface area contributed by atoms with Gasteiger partial charge in [-0.3, -0.25) is 0 Å². The molecule has 0 saturated heterocycles. The normalized spacial score (nSPS) is 10.5. The first-order valence-corrected chi connectivity index (χ1v) is 7.80. The molecule has 3 rings (SSSR count). The van der Waals surface area contributed by atoms with Crippen LogP contribution in [0.25, 0.3) is 21.3 Å². The van der Waals surface area contributed by atoms with Crippen molar-refractivity contribution in [3.8, 4) is 39.0 Å². The van der Waals surface area contributed by atoms with Crippen LogP contribution in [0.3, 0.4) is 0 Å².